The Balaban J connectivity index is 2.57. The molecule has 2 aromatic rings. The first-order chi connectivity index (χ1) is 9.97. The van der Waals surface area contributed by atoms with E-state index in [1.165, 1.54) is 26.4 Å². The predicted molar refractivity (Wildman–Crippen MR) is 77.4 cm³/mol. The topological polar surface area (TPSA) is 64.2 Å². The van der Waals surface area contributed by atoms with Crippen molar-refractivity contribution in [1.82, 2.24) is 9.97 Å². The fourth-order valence-electron chi connectivity index (χ4n) is 1.87. The molecule has 110 valence electrons. The molecule has 1 aromatic heterocycles. The van der Waals surface area contributed by atoms with Crippen molar-refractivity contribution in [3.05, 3.63) is 39.9 Å². The lowest BCUT2D eigenvalue weighted by Crippen LogP contribution is -2.09. The van der Waals surface area contributed by atoms with Gasteiger partial charge in [0, 0.05) is 11.8 Å². The number of methoxy groups -OCH3 is 2. The van der Waals surface area contributed by atoms with E-state index in [0.717, 1.165) is 0 Å². The molecule has 7 heteroatoms. The molecule has 0 unspecified atom stereocenters. The van der Waals surface area contributed by atoms with Gasteiger partial charge in [-0.05, 0) is 19.1 Å². The van der Waals surface area contributed by atoms with Crippen molar-refractivity contribution in [3.63, 3.8) is 0 Å². The highest BCUT2D eigenvalue weighted by molar-refractivity contribution is 7.71. The van der Waals surface area contributed by atoms with Gasteiger partial charge in [-0.3, -0.25) is 0 Å². The van der Waals surface area contributed by atoms with Gasteiger partial charge < -0.3 is 14.5 Å². The molecule has 0 aliphatic carbocycles. The fraction of sp³-hybridized carbons (Fsp3) is 0.214. The molecule has 5 nitrogen and oxygen atoms in total. The highest BCUT2D eigenvalue weighted by Crippen LogP contribution is 2.24. The van der Waals surface area contributed by atoms with Gasteiger partial charge in [-0.2, -0.15) is 0 Å². The van der Waals surface area contributed by atoms with Crippen molar-refractivity contribution in [2.24, 2.45) is 0 Å². The number of carbonyl (C=O) groups is 1. The smallest absolute Gasteiger partial charge is 0.342 e. The molecule has 0 spiro atoms. The van der Waals surface area contributed by atoms with Crippen LogP contribution in [-0.2, 0) is 4.74 Å². The number of hydrogen-bond acceptors (Lipinski definition) is 5. The summed E-state index contributed by atoms with van der Waals surface area (Å²) in [5, 5.41) is 0. The summed E-state index contributed by atoms with van der Waals surface area (Å²) in [6.07, 6.45) is 0. The third kappa shape index (κ3) is 2.92. The average Bonchev–Trinajstić information content (AvgIpc) is 2.45. The zero-order valence-corrected chi connectivity index (χ0v) is 12.5. The maximum absolute atomic E-state index is 14.0. The van der Waals surface area contributed by atoms with Gasteiger partial charge in [-0.1, -0.05) is 12.2 Å². The van der Waals surface area contributed by atoms with Crippen LogP contribution in [0.4, 0.5) is 4.39 Å². The predicted octanol–water partition coefficient (Wildman–Crippen LogP) is 3.05. The van der Waals surface area contributed by atoms with E-state index < -0.39 is 11.8 Å². The number of benzene rings is 1. The molecule has 0 atom stereocenters. The first-order valence-electron chi connectivity index (χ1n) is 6.01. The number of hydrogen-bond donors (Lipinski definition) is 1. The molecular formula is C14H13FN2O3S. The summed E-state index contributed by atoms with van der Waals surface area (Å²) in [5.41, 5.74) is 0.874. The largest absolute Gasteiger partial charge is 0.497 e. The molecule has 0 radical (unpaired) electrons. The Morgan fingerprint density at radius 3 is 2.62 bits per heavy atom. The third-order valence-electron chi connectivity index (χ3n) is 2.93. The Morgan fingerprint density at radius 2 is 2.10 bits per heavy atom. The van der Waals surface area contributed by atoms with Gasteiger partial charge >= 0.3 is 5.97 Å². The van der Waals surface area contributed by atoms with Crippen LogP contribution in [0.5, 0.6) is 5.75 Å². The fourth-order valence-corrected chi connectivity index (χ4v) is 2.20. The Morgan fingerprint density at radius 1 is 1.38 bits per heavy atom. The number of H-pyrrole nitrogens is 1. The van der Waals surface area contributed by atoms with Gasteiger partial charge in [-0.25, -0.2) is 14.2 Å². The van der Waals surface area contributed by atoms with Crippen LogP contribution in [0.2, 0.25) is 0 Å². The van der Waals surface area contributed by atoms with E-state index in [1.807, 2.05) is 0 Å². The summed E-state index contributed by atoms with van der Waals surface area (Å²) >= 11 is 5.08. The standard InChI is InChI=1S/C14H13FN2O3S/c1-7-11(14(18)20-3)13(21)17-12(16-7)9-5-4-8(19-2)6-10(9)15/h4-6H,1-3H3,(H,16,17,21). The summed E-state index contributed by atoms with van der Waals surface area (Å²) in [4.78, 5) is 18.5. The SMILES string of the molecule is COC(=O)c1c(C)[nH]c(-c2ccc(OC)cc2F)nc1=S. The first-order valence-corrected chi connectivity index (χ1v) is 6.42. The molecule has 0 aliphatic rings. The Hall–Kier alpha value is -2.28. The molecule has 1 aromatic carbocycles. The Kier molecular flexibility index (Phi) is 4.32. The number of halogens is 1. The Bertz CT molecular complexity index is 758. The molecule has 0 saturated carbocycles. The highest BCUT2D eigenvalue weighted by Gasteiger charge is 2.16. The highest BCUT2D eigenvalue weighted by atomic mass is 32.1. The van der Waals surface area contributed by atoms with E-state index in [9.17, 15) is 9.18 Å². The minimum Gasteiger partial charge on any atom is -0.497 e. The van der Waals surface area contributed by atoms with Crippen LogP contribution in [0.15, 0.2) is 18.2 Å². The summed E-state index contributed by atoms with van der Waals surface area (Å²) in [7, 11) is 2.71. The van der Waals surface area contributed by atoms with E-state index in [4.69, 9.17) is 17.0 Å². The number of esters is 1. The van der Waals surface area contributed by atoms with Crippen molar-refractivity contribution < 1.29 is 18.7 Å². The summed E-state index contributed by atoms with van der Waals surface area (Å²) in [5.74, 6) is -0.441. The summed E-state index contributed by atoms with van der Waals surface area (Å²) < 4.78 is 23.7. The molecule has 1 heterocycles. The van der Waals surface area contributed by atoms with Crippen LogP contribution in [0.1, 0.15) is 16.1 Å². The van der Waals surface area contributed by atoms with Crippen molar-refractivity contribution >= 4 is 18.2 Å². The molecular weight excluding hydrogens is 295 g/mol. The lowest BCUT2D eigenvalue weighted by atomic mass is 10.1. The lowest BCUT2D eigenvalue weighted by molar-refractivity contribution is 0.0598. The first kappa shape index (κ1) is 15.1. The molecule has 0 aliphatic heterocycles. The second-order valence-electron chi connectivity index (χ2n) is 4.23. The van der Waals surface area contributed by atoms with Crippen LogP contribution in [-0.4, -0.2) is 30.2 Å². The summed E-state index contributed by atoms with van der Waals surface area (Å²) in [6.45, 7) is 1.65. The van der Waals surface area contributed by atoms with Crippen LogP contribution >= 0.6 is 12.2 Å². The van der Waals surface area contributed by atoms with Gasteiger partial charge in [-0.15, -0.1) is 0 Å². The van der Waals surface area contributed by atoms with Crippen LogP contribution in [0.3, 0.4) is 0 Å². The quantitative estimate of drug-likeness (QED) is 0.697. The number of rotatable bonds is 3. The Labute approximate surface area is 125 Å². The molecule has 1 N–H and O–H groups in total. The van der Waals surface area contributed by atoms with E-state index in [-0.39, 0.29) is 21.6 Å². The monoisotopic (exact) mass is 308 g/mol. The number of aromatic amines is 1. The minimum atomic E-state index is -0.581. The third-order valence-corrected chi connectivity index (χ3v) is 3.22. The normalized spacial score (nSPS) is 10.3. The van der Waals surface area contributed by atoms with Crippen molar-refractivity contribution in [1.29, 1.82) is 0 Å². The second-order valence-corrected chi connectivity index (χ2v) is 4.61. The number of aryl methyl sites for hydroxylation is 1. The zero-order chi connectivity index (χ0) is 15.6. The molecule has 0 amide bonds. The van der Waals surface area contributed by atoms with Crippen LogP contribution in [0, 0.1) is 17.4 Å². The molecule has 0 bridgehead atoms. The maximum atomic E-state index is 14.0. The summed E-state index contributed by atoms with van der Waals surface area (Å²) in [6, 6.07) is 4.39. The van der Waals surface area contributed by atoms with E-state index in [0.29, 0.717) is 11.4 Å². The van der Waals surface area contributed by atoms with Crippen molar-refractivity contribution in [3.8, 4) is 17.1 Å². The zero-order valence-electron chi connectivity index (χ0n) is 11.7. The molecule has 21 heavy (non-hydrogen) atoms. The number of nitrogens with zero attached hydrogens (tertiary/aromatic N) is 1. The number of nitrogens with one attached hydrogen (secondary N) is 1. The number of aromatic nitrogens is 2. The maximum Gasteiger partial charge on any atom is 0.342 e. The molecule has 0 saturated heterocycles. The van der Waals surface area contributed by atoms with Gasteiger partial charge in [0.2, 0.25) is 0 Å². The minimum absolute atomic E-state index is 0.0586. The van der Waals surface area contributed by atoms with Crippen molar-refractivity contribution in [2.75, 3.05) is 14.2 Å². The van der Waals surface area contributed by atoms with E-state index in [1.54, 1.807) is 13.0 Å². The lowest BCUT2D eigenvalue weighted by Gasteiger charge is -2.09. The van der Waals surface area contributed by atoms with Crippen LogP contribution in [0.25, 0.3) is 11.4 Å². The number of ether oxygens (including phenoxy) is 2. The van der Waals surface area contributed by atoms with Gasteiger partial charge in [0.05, 0.1) is 19.8 Å². The van der Waals surface area contributed by atoms with E-state index in [2.05, 4.69) is 14.7 Å². The molecule has 0 fully saturated rings. The van der Waals surface area contributed by atoms with Gasteiger partial charge in [0.1, 0.15) is 27.6 Å². The number of carbonyl (C=O) groups excluding carboxylic acids is 1. The molecule has 2 rings (SSSR count). The van der Waals surface area contributed by atoms with Gasteiger partial charge in [0.25, 0.3) is 0 Å². The van der Waals surface area contributed by atoms with E-state index >= 15 is 0 Å². The van der Waals surface area contributed by atoms with Crippen LogP contribution < -0.4 is 4.74 Å². The van der Waals surface area contributed by atoms with Crippen molar-refractivity contribution in [2.45, 2.75) is 6.92 Å². The average molecular weight is 308 g/mol. The second kappa shape index (κ2) is 6.01. The van der Waals surface area contributed by atoms with Gasteiger partial charge in [0.15, 0.2) is 0 Å².